The second kappa shape index (κ2) is 5.68. The van der Waals surface area contributed by atoms with Gasteiger partial charge in [-0.1, -0.05) is 27.1 Å². The van der Waals surface area contributed by atoms with E-state index in [1.807, 2.05) is 26.1 Å². The summed E-state index contributed by atoms with van der Waals surface area (Å²) in [7, 11) is 3.78. The van der Waals surface area contributed by atoms with Gasteiger partial charge in [-0.25, -0.2) is 0 Å². The summed E-state index contributed by atoms with van der Waals surface area (Å²) >= 11 is 0. The number of carbonyl (C=O) groups is 1. The van der Waals surface area contributed by atoms with Crippen molar-refractivity contribution in [3.05, 3.63) is 0 Å². The SMILES string of the molecule is C[B]C1=NC2CCC(C)(C)CCCC2CN(C)C1=O. The lowest BCUT2D eigenvalue weighted by atomic mass is 9.74. The molecular formula is C15H26BN2O. The minimum atomic E-state index is 0.0912. The van der Waals surface area contributed by atoms with Gasteiger partial charge in [0.25, 0.3) is 5.91 Å². The fraction of sp³-hybridized carbons (Fsp3) is 0.867. The standard InChI is InChI=1S/C15H26BN2O/c1-15(2)8-5-6-11-10-18(4)14(19)13(16-3)17-12(11)7-9-15/h11-12H,5-10H2,1-4H3. The molecule has 1 aliphatic heterocycles. The number of hydrogen-bond acceptors (Lipinski definition) is 2. The second-order valence-electron chi connectivity index (χ2n) is 6.91. The zero-order chi connectivity index (χ0) is 14.0. The molecule has 0 N–H and O–H groups in total. The van der Waals surface area contributed by atoms with Crippen molar-refractivity contribution in [2.45, 2.75) is 58.8 Å². The average molecular weight is 261 g/mol. The molecule has 1 fully saturated rings. The van der Waals surface area contributed by atoms with Crippen molar-refractivity contribution in [3.8, 4) is 0 Å². The van der Waals surface area contributed by atoms with E-state index in [0.29, 0.717) is 23.0 Å². The van der Waals surface area contributed by atoms with Crippen molar-refractivity contribution >= 4 is 18.8 Å². The average Bonchev–Trinajstić information content (AvgIpc) is 2.45. The van der Waals surface area contributed by atoms with Crippen LogP contribution in [0.2, 0.25) is 6.82 Å². The quantitative estimate of drug-likeness (QED) is 0.668. The predicted octanol–water partition coefficient (Wildman–Crippen LogP) is 2.58. The van der Waals surface area contributed by atoms with Gasteiger partial charge in [-0.3, -0.25) is 9.79 Å². The highest BCUT2D eigenvalue weighted by Gasteiger charge is 2.33. The van der Waals surface area contributed by atoms with Crippen molar-refractivity contribution in [1.82, 2.24) is 4.90 Å². The molecule has 19 heavy (non-hydrogen) atoms. The molecule has 1 aliphatic carbocycles. The van der Waals surface area contributed by atoms with E-state index < -0.39 is 0 Å². The number of carbonyl (C=O) groups excluding carboxylic acids is 1. The molecule has 3 nitrogen and oxygen atoms in total. The third-order valence-electron chi connectivity index (χ3n) is 4.74. The van der Waals surface area contributed by atoms with Crippen LogP contribution in [0.25, 0.3) is 0 Å². The summed E-state index contributed by atoms with van der Waals surface area (Å²) in [5, 5.41) is 0. The van der Waals surface area contributed by atoms with Crippen molar-refractivity contribution in [2.24, 2.45) is 16.3 Å². The van der Waals surface area contributed by atoms with Gasteiger partial charge < -0.3 is 4.90 Å². The van der Waals surface area contributed by atoms with Gasteiger partial charge >= 0.3 is 0 Å². The van der Waals surface area contributed by atoms with Crippen LogP contribution in [-0.2, 0) is 4.79 Å². The molecule has 2 rings (SSSR count). The highest BCUT2D eigenvalue weighted by atomic mass is 16.2. The van der Waals surface area contributed by atoms with Gasteiger partial charge in [0.15, 0.2) is 7.28 Å². The fourth-order valence-electron chi connectivity index (χ4n) is 3.38. The van der Waals surface area contributed by atoms with Gasteiger partial charge in [0.1, 0.15) is 0 Å². The fourth-order valence-corrected chi connectivity index (χ4v) is 3.38. The lowest BCUT2D eigenvalue weighted by molar-refractivity contribution is -0.123. The molecule has 0 aromatic rings. The molecule has 105 valence electrons. The van der Waals surface area contributed by atoms with Crippen LogP contribution in [-0.4, -0.2) is 43.3 Å². The summed E-state index contributed by atoms with van der Waals surface area (Å²) in [5.41, 5.74) is 1.09. The molecule has 0 bridgehead atoms. The number of hydrogen-bond donors (Lipinski definition) is 0. The molecule has 0 aromatic heterocycles. The highest BCUT2D eigenvalue weighted by Crippen LogP contribution is 2.36. The van der Waals surface area contributed by atoms with E-state index in [0.717, 1.165) is 13.0 Å². The Hall–Kier alpha value is -0.795. The van der Waals surface area contributed by atoms with Gasteiger partial charge in [0.2, 0.25) is 0 Å². The Morgan fingerprint density at radius 3 is 2.74 bits per heavy atom. The lowest BCUT2D eigenvalue weighted by Gasteiger charge is -2.33. The van der Waals surface area contributed by atoms with E-state index in [4.69, 9.17) is 4.99 Å². The normalized spacial score (nSPS) is 31.7. The topological polar surface area (TPSA) is 32.7 Å². The minimum Gasteiger partial charge on any atom is -0.341 e. The van der Waals surface area contributed by atoms with Crippen LogP contribution in [0.1, 0.15) is 46.0 Å². The Kier molecular flexibility index (Phi) is 4.37. The number of fused-ring (bicyclic) bond motifs is 1. The molecule has 1 saturated carbocycles. The van der Waals surface area contributed by atoms with Crippen LogP contribution in [0.15, 0.2) is 4.99 Å². The Balaban J connectivity index is 2.21. The molecule has 2 aliphatic rings. The molecule has 2 atom stereocenters. The summed E-state index contributed by atoms with van der Waals surface area (Å²) in [4.78, 5) is 18.8. The molecule has 1 heterocycles. The zero-order valence-electron chi connectivity index (χ0n) is 12.8. The number of nitrogens with zero attached hydrogens (tertiary/aromatic N) is 2. The number of rotatable bonds is 1. The maximum Gasteiger partial charge on any atom is 0.257 e. The Labute approximate surface area is 118 Å². The van der Waals surface area contributed by atoms with Crippen LogP contribution >= 0.6 is 0 Å². The van der Waals surface area contributed by atoms with Gasteiger partial charge in [-0.05, 0) is 37.0 Å². The third kappa shape index (κ3) is 3.40. The van der Waals surface area contributed by atoms with Crippen LogP contribution in [0.3, 0.4) is 0 Å². The first-order chi connectivity index (χ1) is 8.93. The van der Waals surface area contributed by atoms with Crippen LogP contribution in [0, 0.1) is 11.3 Å². The van der Waals surface area contributed by atoms with Gasteiger partial charge in [-0.15, -0.1) is 0 Å². The summed E-state index contributed by atoms with van der Waals surface area (Å²) in [6.45, 7) is 7.50. The molecule has 0 aromatic carbocycles. The summed E-state index contributed by atoms with van der Waals surface area (Å²) < 4.78 is 0. The predicted molar refractivity (Wildman–Crippen MR) is 80.8 cm³/mol. The van der Waals surface area contributed by atoms with Crippen molar-refractivity contribution < 1.29 is 4.79 Å². The Bertz CT molecular complexity index is 378. The first kappa shape index (κ1) is 14.6. The monoisotopic (exact) mass is 261 g/mol. The first-order valence-corrected chi connectivity index (χ1v) is 7.55. The molecule has 4 heteroatoms. The smallest absolute Gasteiger partial charge is 0.257 e. The first-order valence-electron chi connectivity index (χ1n) is 7.55. The van der Waals surface area contributed by atoms with Crippen molar-refractivity contribution in [1.29, 1.82) is 0 Å². The Morgan fingerprint density at radius 1 is 1.32 bits per heavy atom. The molecule has 2 unspecified atom stereocenters. The van der Waals surface area contributed by atoms with Crippen LogP contribution in [0.5, 0.6) is 0 Å². The highest BCUT2D eigenvalue weighted by molar-refractivity contribution is 6.88. The molecule has 1 amide bonds. The van der Waals surface area contributed by atoms with Gasteiger partial charge in [0, 0.05) is 13.6 Å². The van der Waals surface area contributed by atoms with Crippen LogP contribution in [0.4, 0.5) is 0 Å². The van der Waals surface area contributed by atoms with E-state index in [9.17, 15) is 4.79 Å². The zero-order valence-corrected chi connectivity index (χ0v) is 12.8. The van der Waals surface area contributed by atoms with E-state index in [1.54, 1.807) is 0 Å². The lowest BCUT2D eigenvalue weighted by Crippen LogP contribution is -2.37. The summed E-state index contributed by atoms with van der Waals surface area (Å²) in [6.07, 6.45) is 6.09. The second-order valence-corrected chi connectivity index (χ2v) is 6.91. The van der Waals surface area contributed by atoms with Gasteiger partial charge in [0.05, 0.1) is 11.7 Å². The maximum absolute atomic E-state index is 12.2. The number of amides is 1. The largest absolute Gasteiger partial charge is 0.341 e. The Morgan fingerprint density at radius 2 is 2.05 bits per heavy atom. The van der Waals surface area contributed by atoms with E-state index in [2.05, 4.69) is 13.8 Å². The van der Waals surface area contributed by atoms with Gasteiger partial charge in [-0.2, -0.15) is 0 Å². The van der Waals surface area contributed by atoms with E-state index in [-0.39, 0.29) is 5.91 Å². The maximum atomic E-state index is 12.2. The summed E-state index contributed by atoms with van der Waals surface area (Å²) in [5.74, 6) is 0.635. The molecule has 0 spiro atoms. The summed E-state index contributed by atoms with van der Waals surface area (Å²) in [6, 6.07) is 0.333. The third-order valence-corrected chi connectivity index (χ3v) is 4.74. The van der Waals surface area contributed by atoms with Crippen molar-refractivity contribution in [2.75, 3.05) is 13.6 Å². The number of aliphatic imine (C=N–C) groups is 1. The van der Waals surface area contributed by atoms with E-state index >= 15 is 0 Å². The van der Waals surface area contributed by atoms with Crippen molar-refractivity contribution in [3.63, 3.8) is 0 Å². The van der Waals surface area contributed by atoms with Crippen LogP contribution < -0.4 is 0 Å². The molecule has 0 saturated heterocycles. The van der Waals surface area contributed by atoms with E-state index in [1.165, 1.54) is 25.7 Å². The molecule has 1 radical (unpaired) electrons. The molecular weight excluding hydrogens is 235 g/mol. The minimum absolute atomic E-state index is 0.0912.